The Morgan fingerprint density at radius 2 is 2.04 bits per heavy atom. The number of hydrogen-bond acceptors (Lipinski definition) is 5. The third kappa shape index (κ3) is 4.23. The summed E-state index contributed by atoms with van der Waals surface area (Å²) in [6, 6.07) is 9.68. The summed E-state index contributed by atoms with van der Waals surface area (Å²) in [5.74, 6) is 0.415. The second kappa shape index (κ2) is 7.15. The molecule has 0 aliphatic heterocycles. The zero-order valence-corrected chi connectivity index (χ0v) is 13.0. The molecule has 0 radical (unpaired) electrons. The van der Waals surface area contributed by atoms with Crippen LogP contribution in [-0.2, 0) is 17.6 Å². The van der Waals surface area contributed by atoms with E-state index in [1.807, 2.05) is 17.5 Å². The number of thiophene rings is 1. The highest BCUT2D eigenvalue weighted by Crippen LogP contribution is 2.18. The molecular formula is C16H14FN3O2S. The molecule has 3 aromatic rings. The van der Waals surface area contributed by atoms with Crippen molar-refractivity contribution in [1.82, 2.24) is 15.5 Å². The number of carbonyl (C=O) groups excluding carboxylic acids is 1. The number of amides is 1. The molecule has 3 rings (SSSR count). The van der Waals surface area contributed by atoms with Crippen molar-refractivity contribution in [2.45, 2.75) is 12.8 Å². The summed E-state index contributed by atoms with van der Waals surface area (Å²) in [4.78, 5) is 12.8. The highest BCUT2D eigenvalue weighted by Gasteiger charge is 2.09. The molecule has 0 aliphatic rings. The van der Waals surface area contributed by atoms with Gasteiger partial charge in [0, 0.05) is 23.4 Å². The lowest BCUT2D eigenvalue weighted by molar-refractivity contribution is -0.120. The van der Waals surface area contributed by atoms with E-state index in [1.54, 1.807) is 23.5 Å². The summed E-state index contributed by atoms with van der Waals surface area (Å²) in [6.45, 7) is 0.426. The third-order valence-corrected chi connectivity index (χ3v) is 4.01. The fourth-order valence-corrected chi connectivity index (χ4v) is 2.71. The molecule has 5 nitrogen and oxygen atoms in total. The van der Waals surface area contributed by atoms with Gasteiger partial charge in [0.25, 0.3) is 0 Å². The van der Waals surface area contributed by atoms with E-state index in [0.29, 0.717) is 36.7 Å². The first-order valence-corrected chi connectivity index (χ1v) is 7.96. The molecule has 0 atom stereocenters. The molecule has 0 saturated heterocycles. The maximum atomic E-state index is 12.9. The van der Waals surface area contributed by atoms with Gasteiger partial charge in [-0.05, 0) is 35.7 Å². The fraction of sp³-hybridized carbons (Fsp3) is 0.188. The summed E-state index contributed by atoms with van der Waals surface area (Å²) in [6.07, 6.45) is 0.826. The van der Waals surface area contributed by atoms with Crippen molar-refractivity contribution in [2.75, 3.05) is 6.54 Å². The number of halogens is 1. The van der Waals surface area contributed by atoms with Gasteiger partial charge in [-0.1, -0.05) is 6.07 Å². The average Bonchev–Trinajstić information content (AvgIpc) is 3.20. The molecule has 1 aromatic carbocycles. The highest BCUT2D eigenvalue weighted by molar-refractivity contribution is 7.10. The standard InChI is InChI=1S/C16H14FN3O2S/c17-12-5-3-11(4-6-12)16-20-19-15(22-16)7-8-18-14(21)10-13-2-1-9-23-13/h1-6,9H,7-8,10H2,(H,18,21). The maximum Gasteiger partial charge on any atom is 0.247 e. The van der Waals surface area contributed by atoms with Crippen LogP contribution in [0.1, 0.15) is 10.8 Å². The van der Waals surface area contributed by atoms with E-state index in [9.17, 15) is 9.18 Å². The van der Waals surface area contributed by atoms with Crippen LogP contribution in [0.4, 0.5) is 4.39 Å². The SMILES string of the molecule is O=C(Cc1cccs1)NCCc1nnc(-c2ccc(F)cc2)o1. The van der Waals surface area contributed by atoms with Gasteiger partial charge < -0.3 is 9.73 Å². The van der Waals surface area contributed by atoms with Crippen LogP contribution in [0.15, 0.2) is 46.2 Å². The Balaban J connectivity index is 1.49. The fourth-order valence-electron chi connectivity index (χ4n) is 2.01. The molecule has 0 fully saturated rings. The number of rotatable bonds is 6. The van der Waals surface area contributed by atoms with E-state index in [2.05, 4.69) is 15.5 Å². The molecule has 0 aliphatic carbocycles. The van der Waals surface area contributed by atoms with E-state index in [1.165, 1.54) is 12.1 Å². The van der Waals surface area contributed by atoms with E-state index < -0.39 is 0 Å². The second-order valence-electron chi connectivity index (χ2n) is 4.86. The van der Waals surface area contributed by atoms with Crippen LogP contribution in [0.2, 0.25) is 0 Å². The van der Waals surface area contributed by atoms with E-state index >= 15 is 0 Å². The summed E-state index contributed by atoms with van der Waals surface area (Å²) >= 11 is 1.55. The van der Waals surface area contributed by atoms with Gasteiger partial charge in [0.15, 0.2) is 0 Å². The molecule has 0 unspecified atom stereocenters. The minimum Gasteiger partial charge on any atom is -0.421 e. The van der Waals surface area contributed by atoms with Gasteiger partial charge in [-0.3, -0.25) is 4.79 Å². The summed E-state index contributed by atoms with van der Waals surface area (Å²) < 4.78 is 18.4. The minimum absolute atomic E-state index is 0.0364. The van der Waals surface area contributed by atoms with Crippen LogP contribution in [0.25, 0.3) is 11.5 Å². The van der Waals surface area contributed by atoms with Gasteiger partial charge in [0.1, 0.15) is 5.82 Å². The lowest BCUT2D eigenvalue weighted by atomic mass is 10.2. The van der Waals surface area contributed by atoms with E-state index in [0.717, 1.165) is 4.88 Å². The first-order valence-electron chi connectivity index (χ1n) is 7.08. The Labute approximate surface area is 136 Å². The van der Waals surface area contributed by atoms with Crippen molar-refractivity contribution in [3.05, 3.63) is 58.4 Å². The Bertz CT molecular complexity index is 769. The number of hydrogen-bond donors (Lipinski definition) is 1. The molecule has 0 bridgehead atoms. The van der Waals surface area contributed by atoms with Gasteiger partial charge in [-0.15, -0.1) is 21.5 Å². The largest absolute Gasteiger partial charge is 0.421 e. The van der Waals surface area contributed by atoms with Crippen molar-refractivity contribution in [1.29, 1.82) is 0 Å². The quantitative estimate of drug-likeness (QED) is 0.754. The number of benzene rings is 1. The maximum absolute atomic E-state index is 12.9. The van der Waals surface area contributed by atoms with E-state index in [4.69, 9.17) is 4.42 Å². The summed E-state index contributed by atoms with van der Waals surface area (Å²) in [5, 5.41) is 12.6. The first kappa shape index (κ1) is 15.4. The molecule has 0 spiro atoms. The molecule has 7 heteroatoms. The Hall–Kier alpha value is -2.54. The van der Waals surface area contributed by atoms with Crippen molar-refractivity contribution < 1.29 is 13.6 Å². The van der Waals surface area contributed by atoms with Crippen molar-refractivity contribution in [2.24, 2.45) is 0 Å². The zero-order valence-electron chi connectivity index (χ0n) is 12.2. The molecular weight excluding hydrogens is 317 g/mol. The minimum atomic E-state index is -0.318. The van der Waals surface area contributed by atoms with E-state index in [-0.39, 0.29) is 11.7 Å². The molecule has 0 saturated carbocycles. The predicted molar refractivity (Wildman–Crippen MR) is 84.4 cm³/mol. The molecule has 2 heterocycles. The topological polar surface area (TPSA) is 68.0 Å². The van der Waals surface area contributed by atoms with Gasteiger partial charge in [-0.25, -0.2) is 4.39 Å². The van der Waals surface area contributed by atoms with Crippen LogP contribution < -0.4 is 5.32 Å². The highest BCUT2D eigenvalue weighted by atomic mass is 32.1. The lowest BCUT2D eigenvalue weighted by Crippen LogP contribution is -2.27. The molecule has 2 aromatic heterocycles. The second-order valence-corrected chi connectivity index (χ2v) is 5.90. The Morgan fingerprint density at radius 3 is 2.78 bits per heavy atom. The number of carbonyl (C=O) groups is 1. The average molecular weight is 331 g/mol. The van der Waals surface area contributed by atoms with Crippen molar-refractivity contribution in [3.63, 3.8) is 0 Å². The first-order chi connectivity index (χ1) is 11.2. The summed E-state index contributed by atoms with van der Waals surface area (Å²) in [7, 11) is 0. The smallest absolute Gasteiger partial charge is 0.247 e. The normalized spacial score (nSPS) is 10.7. The Kier molecular flexibility index (Phi) is 4.77. The van der Waals surface area contributed by atoms with Gasteiger partial charge in [-0.2, -0.15) is 0 Å². The zero-order chi connectivity index (χ0) is 16.1. The lowest BCUT2D eigenvalue weighted by Gasteiger charge is -2.01. The van der Waals surface area contributed by atoms with Crippen LogP contribution >= 0.6 is 11.3 Å². The van der Waals surface area contributed by atoms with Crippen LogP contribution in [0.3, 0.4) is 0 Å². The van der Waals surface area contributed by atoms with Gasteiger partial charge in [0.05, 0.1) is 6.42 Å². The number of nitrogens with one attached hydrogen (secondary N) is 1. The number of aromatic nitrogens is 2. The van der Waals surface area contributed by atoms with Crippen LogP contribution in [0, 0.1) is 5.82 Å². The summed E-state index contributed by atoms with van der Waals surface area (Å²) in [5.41, 5.74) is 0.659. The molecule has 1 N–H and O–H groups in total. The van der Waals surface area contributed by atoms with Crippen LogP contribution in [0.5, 0.6) is 0 Å². The van der Waals surface area contributed by atoms with Crippen LogP contribution in [-0.4, -0.2) is 22.6 Å². The molecule has 1 amide bonds. The van der Waals surface area contributed by atoms with Crippen molar-refractivity contribution in [3.8, 4) is 11.5 Å². The van der Waals surface area contributed by atoms with Gasteiger partial charge >= 0.3 is 0 Å². The van der Waals surface area contributed by atoms with Gasteiger partial charge in [0.2, 0.25) is 17.7 Å². The monoisotopic (exact) mass is 331 g/mol. The predicted octanol–water partition coefficient (Wildman–Crippen LogP) is 2.84. The van der Waals surface area contributed by atoms with Crippen molar-refractivity contribution >= 4 is 17.2 Å². The Morgan fingerprint density at radius 1 is 1.22 bits per heavy atom. The third-order valence-electron chi connectivity index (χ3n) is 3.13. The molecule has 23 heavy (non-hydrogen) atoms. The molecule has 118 valence electrons. The number of nitrogens with zero attached hydrogens (tertiary/aromatic N) is 2.